The Kier molecular flexibility index (Phi) is 4.69. The first-order chi connectivity index (χ1) is 9.52. The van der Waals surface area contributed by atoms with Gasteiger partial charge >= 0.3 is 0 Å². The summed E-state index contributed by atoms with van der Waals surface area (Å²) >= 11 is 1.27. The van der Waals surface area contributed by atoms with Crippen molar-refractivity contribution >= 4 is 27.5 Å². The van der Waals surface area contributed by atoms with Crippen molar-refractivity contribution < 1.29 is 15.0 Å². The Hall–Kier alpha value is -1.50. The van der Waals surface area contributed by atoms with Crippen LogP contribution >= 0.6 is 11.3 Å². The van der Waals surface area contributed by atoms with Crippen molar-refractivity contribution in [2.24, 2.45) is 0 Å². The molecule has 3 N–H and O–H groups in total. The minimum absolute atomic E-state index is 0.0419. The molecule has 0 aliphatic carbocycles. The molecular formula is C14H18N2O3S. The largest absolute Gasteiger partial charge is 0.383 e. The second kappa shape index (κ2) is 6.30. The maximum Gasteiger partial charge on any atom is 0.252 e. The number of rotatable bonds is 5. The summed E-state index contributed by atoms with van der Waals surface area (Å²) in [7, 11) is 0. The average Bonchev–Trinajstić information content (AvgIpc) is 2.89. The van der Waals surface area contributed by atoms with Gasteiger partial charge in [0, 0.05) is 6.04 Å². The Labute approximate surface area is 121 Å². The third kappa shape index (κ3) is 3.15. The number of hydrogen-bond donors (Lipinski definition) is 3. The lowest BCUT2D eigenvalue weighted by atomic mass is 10.1. The molecule has 0 spiro atoms. The zero-order valence-corrected chi connectivity index (χ0v) is 12.2. The lowest BCUT2D eigenvalue weighted by Crippen LogP contribution is -2.42. The van der Waals surface area contributed by atoms with Crippen molar-refractivity contribution in [3.05, 3.63) is 29.3 Å². The van der Waals surface area contributed by atoms with Gasteiger partial charge in [-0.1, -0.05) is 19.1 Å². The molecule has 1 aromatic heterocycles. The fraction of sp³-hybridized carbons (Fsp3) is 0.429. The Morgan fingerprint density at radius 3 is 2.75 bits per heavy atom. The van der Waals surface area contributed by atoms with E-state index >= 15 is 0 Å². The molecule has 0 bridgehead atoms. The number of nitrogens with zero attached hydrogens (tertiary/aromatic N) is 1. The van der Waals surface area contributed by atoms with Gasteiger partial charge in [-0.05, 0) is 25.5 Å². The van der Waals surface area contributed by atoms with Crippen molar-refractivity contribution in [2.45, 2.75) is 38.5 Å². The number of fused-ring (bicyclic) bond motifs is 1. The molecule has 2 aromatic rings. The molecule has 3 atom stereocenters. The molecule has 0 aliphatic heterocycles. The lowest BCUT2D eigenvalue weighted by Gasteiger charge is -2.18. The number of thiazole rings is 1. The first-order valence-corrected chi connectivity index (χ1v) is 7.36. The summed E-state index contributed by atoms with van der Waals surface area (Å²) in [6.07, 6.45) is -2.06. The monoisotopic (exact) mass is 294 g/mol. The molecule has 2 rings (SSSR count). The molecule has 1 heterocycles. The fourth-order valence-corrected chi connectivity index (χ4v) is 2.71. The van der Waals surface area contributed by atoms with Crippen LogP contribution in [0.4, 0.5) is 0 Å². The van der Waals surface area contributed by atoms with Gasteiger partial charge in [0.1, 0.15) is 11.1 Å². The van der Waals surface area contributed by atoms with Gasteiger partial charge in [-0.25, -0.2) is 4.98 Å². The standard InChI is InChI=1S/C14H18N2O3S/c1-3-8(2)15-13(19)11(17)12(18)14-16-9-6-4-5-7-10(9)20-14/h4-8,11-12,17-18H,3H2,1-2H3,(H,15,19). The second-order valence-corrected chi connectivity index (χ2v) is 5.79. The van der Waals surface area contributed by atoms with E-state index < -0.39 is 18.1 Å². The van der Waals surface area contributed by atoms with E-state index in [0.717, 1.165) is 16.6 Å². The fourth-order valence-electron chi connectivity index (χ4n) is 1.73. The van der Waals surface area contributed by atoms with E-state index in [9.17, 15) is 15.0 Å². The van der Waals surface area contributed by atoms with Crippen molar-refractivity contribution in [2.75, 3.05) is 0 Å². The van der Waals surface area contributed by atoms with Gasteiger partial charge < -0.3 is 15.5 Å². The van der Waals surface area contributed by atoms with Crippen LogP contribution in [0.5, 0.6) is 0 Å². The van der Waals surface area contributed by atoms with E-state index in [0.29, 0.717) is 5.01 Å². The van der Waals surface area contributed by atoms with Crippen LogP contribution < -0.4 is 5.32 Å². The highest BCUT2D eigenvalue weighted by molar-refractivity contribution is 7.18. The average molecular weight is 294 g/mol. The van der Waals surface area contributed by atoms with E-state index in [4.69, 9.17) is 0 Å². The predicted octanol–water partition coefficient (Wildman–Crippen LogP) is 1.61. The third-order valence-electron chi connectivity index (χ3n) is 3.13. The number of aromatic nitrogens is 1. The number of carbonyl (C=O) groups excluding carboxylic acids is 1. The first kappa shape index (κ1) is 14.9. The molecule has 1 amide bonds. The van der Waals surface area contributed by atoms with Crippen molar-refractivity contribution in [1.29, 1.82) is 0 Å². The number of hydrogen-bond acceptors (Lipinski definition) is 5. The third-order valence-corrected chi connectivity index (χ3v) is 4.24. The van der Waals surface area contributed by atoms with Crippen LogP contribution in [-0.2, 0) is 4.79 Å². The highest BCUT2D eigenvalue weighted by Gasteiger charge is 2.28. The Balaban J connectivity index is 2.13. The minimum atomic E-state index is -1.51. The normalized spacial score (nSPS) is 15.8. The maximum absolute atomic E-state index is 11.8. The van der Waals surface area contributed by atoms with E-state index in [2.05, 4.69) is 10.3 Å². The molecule has 1 aromatic carbocycles. The van der Waals surface area contributed by atoms with Gasteiger partial charge in [0.15, 0.2) is 6.10 Å². The Bertz CT molecular complexity index is 566. The zero-order valence-electron chi connectivity index (χ0n) is 11.4. The summed E-state index contributed by atoms with van der Waals surface area (Å²) in [5.74, 6) is -0.578. The molecule has 0 saturated heterocycles. The Morgan fingerprint density at radius 1 is 1.40 bits per heavy atom. The van der Waals surface area contributed by atoms with Crippen LogP contribution in [0.2, 0.25) is 0 Å². The summed E-state index contributed by atoms with van der Waals surface area (Å²) in [5, 5.41) is 23.0. The summed E-state index contributed by atoms with van der Waals surface area (Å²) in [6.45, 7) is 3.77. The number of amides is 1. The highest BCUT2D eigenvalue weighted by atomic mass is 32.1. The molecule has 5 nitrogen and oxygen atoms in total. The number of nitrogens with one attached hydrogen (secondary N) is 1. The quantitative estimate of drug-likeness (QED) is 0.782. The van der Waals surface area contributed by atoms with Crippen LogP contribution in [0.3, 0.4) is 0 Å². The van der Waals surface area contributed by atoms with Crippen LogP contribution in [0.1, 0.15) is 31.4 Å². The topological polar surface area (TPSA) is 82.5 Å². The first-order valence-electron chi connectivity index (χ1n) is 6.55. The molecule has 108 valence electrons. The lowest BCUT2D eigenvalue weighted by molar-refractivity contribution is -0.136. The number of para-hydroxylation sites is 1. The van der Waals surface area contributed by atoms with Crippen molar-refractivity contribution in [3.8, 4) is 0 Å². The predicted molar refractivity (Wildman–Crippen MR) is 78.5 cm³/mol. The van der Waals surface area contributed by atoms with Crippen LogP contribution in [0, 0.1) is 0 Å². The maximum atomic E-state index is 11.8. The Morgan fingerprint density at radius 2 is 2.10 bits per heavy atom. The molecule has 6 heteroatoms. The molecular weight excluding hydrogens is 276 g/mol. The molecule has 0 saturated carbocycles. The van der Waals surface area contributed by atoms with Crippen LogP contribution in [0.15, 0.2) is 24.3 Å². The van der Waals surface area contributed by atoms with Crippen molar-refractivity contribution in [3.63, 3.8) is 0 Å². The van der Waals surface area contributed by atoms with Gasteiger partial charge in [0.25, 0.3) is 5.91 Å². The molecule has 0 aliphatic rings. The summed E-state index contributed by atoms with van der Waals surface area (Å²) < 4.78 is 0.913. The van der Waals surface area contributed by atoms with Gasteiger partial charge in [0.2, 0.25) is 0 Å². The molecule has 3 unspecified atom stereocenters. The smallest absolute Gasteiger partial charge is 0.252 e. The summed E-state index contributed by atoms with van der Waals surface area (Å²) in [6, 6.07) is 7.40. The molecule has 0 radical (unpaired) electrons. The minimum Gasteiger partial charge on any atom is -0.383 e. The van der Waals surface area contributed by atoms with E-state index in [-0.39, 0.29) is 6.04 Å². The number of aliphatic hydroxyl groups is 2. The van der Waals surface area contributed by atoms with Gasteiger partial charge in [-0.3, -0.25) is 4.79 Å². The van der Waals surface area contributed by atoms with Gasteiger partial charge in [-0.2, -0.15) is 0 Å². The summed E-state index contributed by atoms with van der Waals surface area (Å²) in [4.78, 5) is 16.0. The summed E-state index contributed by atoms with van der Waals surface area (Å²) in [5.41, 5.74) is 0.751. The van der Waals surface area contributed by atoms with E-state index in [1.54, 1.807) is 0 Å². The van der Waals surface area contributed by atoms with Crippen LogP contribution in [0.25, 0.3) is 10.2 Å². The van der Waals surface area contributed by atoms with Crippen molar-refractivity contribution in [1.82, 2.24) is 10.3 Å². The zero-order chi connectivity index (χ0) is 14.7. The van der Waals surface area contributed by atoms with E-state index in [1.165, 1.54) is 11.3 Å². The highest BCUT2D eigenvalue weighted by Crippen LogP contribution is 2.27. The van der Waals surface area contributed by atoms with E-state index in [1.807, 2.05) is 38.1 Å². The number of benzene rings is 1. The number of carbonyl (C=O) groups is 1. The number of aliphatic hydroxyl groups excluding tert-OH is 2. The van der Waals surface area contributed by atoms with Gasteiger partial charge in [0.05, 0.1) is 10.2 Å². The van der Waals surface area contributed by atoms with Crippen LogP contribution in [-0.4, -0.2) is 33.3 Å². The molecule has 20 heavy (non-hydrogen) atoms. The van der Waals surface area contributed by atoms with Gasteiger partial charge in [-0.15, -0.1) is 11.3 Å². The molecule has 0 fully saturated rings. The second-order valence-electron chi connectivity index (χ2n) is 4.73. The SMILES string of the molecule is CCC(C)NC(=O)C(O)C(O)c1nc2ccccc2s1.